The summed E-state index contributed by atoms with van der Waals surface area (Å²) >= 11 is 0. The Morgan fingerprint density at radius 1 is 1.02 bits per heavy atom. The number of hydrogen-bond acceptors (Lipinski definition) is 7. The van der Waals surface area contributed by atoms with Gasteiger partial charge >= 0.3 is 0 Å². The summed E-state index contributed by atoms with van der Waals surface area (Å²) in [6.45, 7) is 7.75. The molecule has 2 aliphatic rings. The summed E-state index contributed by atoms with van der Waals surface area (Å²) in [5, 5.41) is 10.7. The number of hydrogen-bond donors (Lipinski definition) is 2. The van der Waals surface area contributed by atoms with Crippen LogP contribution in [0.3, 0.4) is 0 Å². The second-order valence-corrected chi connectivity index (χ2v) is 11.6. The van der Waals surface area contributed by atoms with Crippen LogP contribution >= 0.6 is 0 Å². The number of rotatable bonds is 5. The van der Waals surface area contributed by atoms with E-state index in [1.807, 2.05) is 55.8 Å². The molecular weight excluding hydrogens is 574 g/mol. The van der Waals surface area contributed by atoms with Crippen LogP contribution in [0.25, 0.3) is 11.1 Å². The molecule has 0 fully saturated rings. The van der Waals surface area contributed by atoms with Crippen molar-refractivity contribution >= 4 is 17.7 Å². The number of aromatic nitrogens is 2. The van der Waals surface area contributed by atoms with E-state index in [1.54, 1.807) is 19.1 Å². The molecule has 45 heavy (non-hydrogen) atoms. The van der Waals surface area contributed by atoms with E-state index in [4.69, 9.17) is 14.2 Å². The van der Waals surface area contributed by atoms with Crippen molar-refractivity contribution in [2.45, 2.75) is 65.5 Å². The molecule has 2 N–H and O–H groups in total. The van der Waals surface area contributed by atoms with E-state index < -0.39 is 0 Å². The lowest BCUT2D eigenvalue weighted by Crippen LogP contribution is -2.41. The molecule has 2 aromatic carbocycles. The van der Waals surface area contributed by atoms with E-state index in [2.05, 4.69) is 15.7 Å². The van der Waals surface area contributed by atoms with Gasteiger partial charge in [0.05, 0.1) is 32.6 Å². The third-order valence-corrected chi connectivity index (χ3v) is 8.82. The van der Waals surface area contributed by atoms with Gasteiger partial charge in [-0.05, 0) is 68.1 Å². The number of methoxy groups -OCH3 is 2. The summed E-state index contributed by atoms with van der Waals surface area (Å²) in [6, 6.07) is 9.57. The van der Waals surface area contributed by atoms with Crippen molar-refractivity contribution < 1.29 is 28.6 Å². The molecule has 11 nitrogen and oxygen atoms in total. The van der Waals surface area contributed by atoms with Gasteiger partial charge in [-0.25, -0.2) is 0 Å². The molecule has 3 aromatic rings. The Morgan fingerprint density at radius 3 is 2.58 bits per heavy atom. The molecule has 2 aliphatic heterocycles. The number of nitrogens with zero attached hydrogens (tertiary/aromatic N) is 3. The zero-order valence-electron chi connectivity index (χ0n) is 26.8. The fraction of sp³-hybridized carbons (Fsp3) is 0.471. The SMILES string of the molecule is COc1cc2cc(c1OC)-c1ccc3c(c1)C(CCO3)NC(=O)CCN(C(=O)CCn1nc(C)c(C)c1C)CCNC(=O)CC2. The van der Waals surface area contributed by atoms with Crippen LogP contribution in [0.5, 0.6) is 17.2 Å². The minimum atomic E-state index is -0.242. The number of nitrogens with one attached hydrogen (secondary N) is 2. The maximum atomic E-state index is 13.4. The third kappa shape index (κ3) is 7.24. The first kappa shape index (κ1) is 31.9. The van der Waals surface area contributed by atoms with E-state index in [1.165, 1.54) is 0 Å². The Kier molecular flexibility index (Phi) is 9.95. The molecule has 3 amide bonds. The molecule has 5 rings (SSSR count). The number of aryl methyl sites for hydroxylation is 3. The predicted octanol–water partition coefficient (Wildman–Crippen LogP) is 3.80. The van der Waals surface area contributed by atoms with Crippen molar-refractivity contribution in [2.75, 3.05) is 40.5 Å². The number of ether oxygens (including phenoxy) is 3. The van der Waals surface area contributed by atoms with Crippen LogP contribution in [0.4, 0.5) is 0 Å². The number of amides is 3. The van der Waals surface area contributed by atoms with Crippen LogP contribution in [-0.2, 0) is 27.3 Å². The third-order valence-electron chi connectivity index (χ3n) is 8.82. The molecule has 0 aliphatic carbocycles. The number of carbonyl (C=O) groups excluding carboxylic acids is 3. The normalized spacial score (nSPS) is 17.4. The van der Waals surface area contributed by atoms with Crippen LogP contribution in [0, 0.1) is 20.8 Å². The zero-order chi connectivity index (χ0) is 32.1. The molecule has 11 heteroatoms. The quantitative estimate of drug-likeness (QED) is 0.446. The molecule has 1 unspecified atom stereocenters. The van der Waals surface area contributed by atoms with Gasteiger partial charge in [-0.3, -0.25) is 19.1 Å². The van der Waals surface area contributed by atoms with Crippen LogP contribution in [0.2, 0.25) is 0 Å². The monoisotopic (exact) mass is 617 g/mol. The minimum Gasteiger partial charge on any atom is -0.493 e. The van der Waals surface area contributed by atoms with Crippen molar-refractivity contribution in [3.8, 4) is 28.4 Å². The maximum absolute atomic E-state index is 13.4. The predicted molar refractivity (Wildman–Crippen MR) is 170 cm³/mol. The Labute approximate surface area is 264 Å². The van der Waals surface area contributed by atoms with E-state index in [-0.39, 0.29) is 56.1 Å². The first-order valence-electron chi connectivity index (χ1n) is 15.5. The molecule has 0 spiro atoms. The van der Waals surface area contributed by atoms with Crippen molar-refractivity contribution in [1.82, 2.24) is 25.3 Å². The smallest absolute Gasteiger partial charge is 0.224 e. The van der Waals surface area contributed by atoms with Gasteiger partial charge in [-0.1, -0.05) is 6.07 Å². The van der Waals surface area contributed by atoms with Crippen LogP contribution in [0.1, 0.15) is 59.8 Å². The molecule has 1 aromatic heterocycles. The Balaban J connectivity index is 1.40. The van der Waals surface area contributed by atoms with Crippen molar-refractivity contribution in [3.63, 3.8) is 0 Å². The van der Waals surface area contributed by atoms with E-state index in [0.29, 0.717) is 44.0 Å². The van der Waals surface area contributed by atoms with E-state index in [9.17, 15) is 14.4 Å². The minimum absolute atomic E-state index is 0.0874. The Morgan fingerprint density at radius 2 is 1.84 bits per heavy atom. The van der Waals surface area contributed by atoms with Gasteiger partial charge in [0, 0.05) is 68.7 Å². The van der Waals surface area contributed by atoms with E-state index in [0.717, 1.165) is 45.0 Å². The highest BCUT2D eigenvalue weighted by Crippen LogP contribution is 2.42. The molecule has 0 radical (unpaired) electrons. The van der Waals surface area contributed by atoms with E-state index >= 15 is 0 Å². The number of benzene rings is 2. The molecule has 3 heterocycles. The van der Waals surface area contributed by atoms with Crippen LogP contribution in [-0.4, -0.2) is 72.9 Å². The van der Waals surface area contributed by atoms with Gasteiger partial charge in [0.2, 0.25) is 17.7 Å². The zero-order valence-corrected chi connectivity index (χ0v) is 26.8. The summed E-state index contributed by atoms with van der Waals surface area (Å²) in [7, 11) is 3.19. The van der Waals surface area contributed by atoms with Gasteiger partial charge < -0.3 is 29.7 Å². The molecular formula is C34H43N5O6. The second kappa shape index (κ2) is 14.0. The van der Waals surface area contributed by atoms with Gasteiger partial charge in [-0.15, -0.1) is 0 Å². The average Bonchev–Trinajstić information content (AvgIpc) is 3.29. The topological polar surface area (TPSA) is 124 Å². The molecule has 0 saturated carbocycles. The highest BCUT2D eigenvalue weighted by molar-refractivity contribution is 5.81. The first-order valence-corrected chi connectivity index (χ1v) is 15.5. The van der Waals surface area contributed by atoms with Gasteiger partial charge in [0.15, 0.2) is 11.5 Å². The lowest BCUT2D eigenvalue weighted by molar-refractivity contribution is -0.132. The Bertz CT molecular complexity index is 1580. The number of fused-ring (bicyclic) bond motifs is 4. The standard InChI is InChI=1S/C34H43N5O6/c1-21-22(2)37-39(23(21)3)15-11-33(42)38-14-10-32(41)36-28-12-17-45-29-8-7-25(20-27(28)29)26-18-24(6-9-31(40)35-13-16-38)19-30(43-4)34(26)44-5/h7-8,18-20,28H,6,9-17H2,1-5H3,(H,35,40)(H,36,41). The van der Waals surface area contributed by atoms with Crippen molar-refractivity contribution in [1.29, 1.82) is 0 Å². The average molecular weight is 618 g/mol. The molecule has 4 bridgehead atoms. The lowest BCUT2D eigenvalue weighted by Gasteiger charge is -2.28. The molecule has 1 atom stereocenters. The summed E-state index contributed by atoms with van der Waals surface area (Å²) < 4.78 is 19.2. The lowest BCUT2D eigenvalue weighted by atomic mass is 9.93. The van der Waals surface area contributed by atoms with Crippen molar-refractivity contribution in [3.05, 3.63) is 58.4 Å². The summed E-state index contributed by atoms with van der Waals surface area (Å²) in [4.78, 5) is 41.2. The second-order valence-electron chi connectivity index (χ2n) is 11.6. The summed E-state index contributed by atoms with van der Waals surface area (Å²) in [6.07, 6.45) is 1.77. The fourth-order valence-electron chi connectivity index (χ4n) is 6.00. The van der Waals surface area contributed by atoms with Crippen molar-refractivity contribution in [2.24, 2.45) is 0 Å². The summed E-state index contributed by atoms with van der Waals surface area (Å²) in [5.41, 5.74) is 6.62. The van der Waals surface area contributed by atoms with Gasteiger partial charge in [-0.2, -0.15) is 5.10 Å². The molecule has 0 saturated heterocycles. The summed E-state index contributed by atoms with van der Waals surface area (Å²) in [5.74, 6) is 1.52. The van der Waals surface area contributed by atoms with Crippen LogP contribution < -0.4 is 24.8 Å². The fourth-order valence-corrected chi connectivity index (χ4v) is 6.00. The highest BCUT2D eigenvalue weighted by Gasteiger charge is 2.26. The van der Waals surface area contributed by atoms with Gasteiger partial charge in [0.1, 0.15) is 5.75 Å². The Hall–Kier alpha value is -4.54. The molecule has 240 valence electrons. The first-order chi connectivity index (χ1) is 21.7. The van der Waals surface area contributed by atoms with Crippen LogP contribution in [0.15, 0.2) is 30.3 Å². The highest BCUT2D eigenvalue weighted by atomic mass is 16.5. The largest absolute Gasteiger partial charge is 0.493 e. The van der Waals surface area contributed by atoms with Gasteiger partial charge in [0.25, 0.3) is 0 Å². The maximum Gasteiger partial charge on any atom is 0.224 e. The number of carbonyl (C=O) groups is 3.